The van der Waals surface area contributed by atoms with Crippen molar-refractivity contribution in [3.63, 3.8) is 0 Å². The summed E-state index contributed by atoms with van der Waals surface area (Å²) in [6, 6.07) is 4.03. The lowest BCUT2D eigenvalue weighted by molar-refractivity contribution is -0.384. The second kappa shape index (κ2) is 7.97. The lowest BCUT2D eigenvalue weighted by atomic mass is 9.92. The fourth-order valence-corrected chi connectivity index (χ4v) is 5.61. The van der Waals surface area contributed by atoms with Gasteiger partial charge in [-0.05, 0) is 38.4 Å². The first-order valence-corrected chi connectivity index (χ1v) is 11.5. The summed E-state index contributed by atoms with van der Waals surface area (Å²) in [4.78, 5) is 13.2. The van der Waals surface area contributed by atoms with Gasteiger partial charge in [-0.25, -0.2) is 8.42 Å². The summed E-state index contributed by atoms with van der Waals surface area (Å²) in [5.41, 5.74) is 2.24. The highest BCUT2D eigenvalue weighted by Crippen LogP contribution is 2.36. The number of sulfonamides is 1. The second-order valence-electron chi connectivity index (χ2n) is 7.90. The van der Waals surface area contributed by atoms with Gasteiger partial charge in [-0.3, -0.25) is 14.8 Å². The molecule has 10 nitrogen and oxygen atoms in total. The topological polar surface area (TPSA) is 114 Å². The Morgan fingerprint density at radius 3 is 2.63 bits per heavy atom. The number of nitrogens with one attached hydrogen (secondary N) is 1. The van der Waals surface area contributed by atoms with Crippen molar-refractivity contribution in [2.45, 2.75) is 30.2 Å². The van der Waals surface area contributed by atoms with Crippen molar-refractivity contribution in [2.24, 2.45) is 7.05 Å². The molecule has 0 bridgehead atoms. The van der Waals surface area contributed by atoms with Crippen LogP contribution in [0.2, 0.25) is 0 Å². The monoisotopic (exact) mass is 434 g/mol. The van der Waals surface area contributed by atoms with Gasteiger partial charge in [-0.15, -0.1) is 0 Å². The van der Waals surface area contributed by atoms with Crippen LogP contribution < -0.4 is 5.32 Å². The number of nitrogens with zero attached hydrogens (tertiary/aromatic N) is 5. The quantitative estimate of drug-likeness (QED) is 0.563. The third-order valence-electron chi connectivity index (χ3n) is 5.97. The standard InChI is InChI=1S/C19H26N6O4S/c1-22-8-10-24(11-9-22)30(28,29)14-6-7-17(19(12-14)25(26)27)21-16-4-3-5-18-15(16)13-20-23(18)2/h6-7,12-13,16,21H,3-5,8-11H2,1-2H3. The van der Waals surface area contributed by atoms with Crippen LogP contribution in [0.4, 0.5) is 11.4 Å². The smallest absolute Gasteiger partial charge is 0.293 e. The van der Waals surface area contributed by atoms with Crippen LogP contribution in [0.15, 0.2) is 29.3 Å². The van der Waals surface area contributed by atoms with Gasteiger partial charge in [0.05, 0.1) is 22.1 Å². The third kappa shape index (κ3) is 3.80. The number of likely N-dealkylation sites (N-methyl/N-ethyl adjacent to an activating group) is 1. The molecule has 1 aliphatic carbocycles. The number of aromatic nitrogens is 2. The van der Waals surface area contributed by atoms with Crippen molar-refractivity contribution in [3.05, 3.63) is 45.8 Å². The predicted molar refractivity (Wildman–Crippen MR) is 112 cm³/mol. The van der Waals surface area contributed by atoms with Crippen LogP contribution in [-0.4, -0.2) is 65.6 Å². The van der Waals surface area contributed by atoms with Gasteiger partial charge in [-0.2, -0.15) is 9.40 Å². The molecular formula is C19H26N6O4S. The number of fused-ring (bicyclic) bond motifs is 1. The number of nitro groups is 1. The predicted octanol–water partition coefficient (Wildman–Crippen LogP) is 1.75. The molecule has 1 aromatic heterocycles. The second-order valence-corrected chi connectivity index (χ2v) is 9.84. The van der Waals surface area contributed by atoms with Crippen LogP contribution in [0.25, 0.3) is 0 Å². The number of piperazine rings is 1. The van der Waals surface area contributed by atoms with E-state index in [1.165, 1.54) is 22.5 Å². The maximum atomic E-state index is 13.0. The van der Waals surface area contributed by atoms with Gasteiger partial charge >= 0.3 is 0 Å². The first kappa shape index (κ1) is 20.8. The number of nitro benzene ring substituents is 1. The van der Waals surface area contributed by atoms with E-state index < -0.39 is 14.9 Å². The molecule has 1 saturated heterocycles. The molecule has 0 saturated carbocycles. The van der Waals surface area contributed by atoms with Crippen LogP contribution in [-0.2, 0) is 23.5 Å². The molecule has 1 fully saturated rings. The zero-order valence-corrected chi connectivity index (χ0v) is 17.9. The Labute approximate surface area is 175 Å². The van der Waals surface area contributed by atoms with E-state index in [0.717, 1.165) is 30.5 Å². The molecule has 2 aliphatic rings. The van der Waals surface area contributed by atoms with E-state index in [1.54, 1.807) is 6.20 Å². The Morgan fingerprint density at radius 1 is 1.20 bits per heavy atom. The van der Waals surface area contributed by atoms with Crippen LogP contribution in [0.5, 0.6) is 0 Å². The Hall–Kier alpha value is -2.50. The van der Waals surface area contributed by atoms with E-state index in [1.807, 2.05) is 18.8 Å². The number of aryl methyl sites for hydroxylation is 1. The molecule has 1 aromatic carbocycles. The van der Waals surface area contributed by atoms with Crippen molar-refractivity contribution in [1.82, 2.24) is 19.0 Å². The third-order valence-corrected chi connectivity index (χ3v) is 7.87. The Morgan fingerprint density at radius 2 is 1.93 bits per heavy atom. The summed E-state index contributed by atoms with van der Waals surface area (Å²) in [6.45, 7) is 2.02. The zero-order valence-electron chi connectivity index (χ0n) is 17.1. The lowest BCUT2D eigenvalue weighted by Crippen LogP contribution is -2.47. The highest BCUT2D eigenvalue weighted by Gasteiger charge is 2.31. The first-order valence-electron chi connectivity index (χ1n) is 10.0. The highest BCUT2D eigenvalue weighted by atomic mass is 32.2. The normalized spacial score (nSPS) is 20.7. The minimum Gasteiger partial charge on any atom is -0.373 e. The molecule has 11 heteroatoms. The largest absolute Gasteiger partial charge is 0.373 e. The van der Waals surface area contributed by atoms with Gasteiger partial charge < -0.3 is 10.2 Å². The fraction of sp³-hybridized carbons (Fsp3) is 0.526. The number of rotatable bonds is 5. The molecule has 0 amide bonds. The molecule has 0 radical (unpaired) electrons. The number of hydrogen-bond acceptors (Lipinski definition) is 7. The maximum Gasteiger partial charge on any atom is 0.293 e. The summed E-state index contributed by atoms with van der Waals surface area (Å²) in [5, 5.41) is 19.3. The fourth-order valence-electron chi connectivity index (χ4n) is 4.17. The molecule has 0 spiro atoms. The van der Waals surface area contributed by atoms with Gasteiger partial charge in [0, 0.05) is 50.6 Å². The summed E-state index contributed by atoms with van der Waals surface area (Å²) < 4.78 is 29.2. The highest BCUT2D eigenvalue weighted by molar-refractivity contribution is 7.89. The van der Waals surface area contributed by atoms with E-state index in [2.05, 4.69) is 15.3 Å². The minimum atomic E-state index is -3.78. The maximum absolute atomic E-state index is 13.0. The number of anilines is 1. The van der Waals surface area contributed by atoms with E-state index in [4.69, 9.17) is 0 Å². The summed E-state index contributed by atoms with van der Waals surface area (Å²) in [7, 11) is 0.0537. The van der Waals surface area contributed by atoms with E-state index in [-0.39, 0.29) is 16.6 Å². The summed E-state index contributed by atoms with van der Waals surface area (Å²) >= 11 is 0. The lowest BCUT2D eigenvalue weighted by Gasteiger charge is -2.31. The van der Waals surface area contributed by atoms with E-state index >= 15 is 0 Å². The average Bonchev–Trinajstić information content (AvgIpc) is 3.10. The van der Waals surface area contributed by atoms with Crippen LogP contribution in [0.1, 0.15) is 30.1 Å². The Balaban J connectivity index is 1.63. The molecule has 162 valence electrons. The Bertz CT molecular complexity index is 1060. The van der Waals surface area contributed by atoms with Gasteiger partial charge in [0.25, 0.3) is 5.69 Å². The van der Waals surface area contributed by atoms with Gasteiger partial charge in [0.15, 0.2) is 0 Å². The SMILES string of the molecule is CN1CCN(S(=O)(=O)c2ccc(NC3CCCc4c3cnn4C)c([N+](=O)[O-])c2)CC1. The summed E-state index contributed by atoms with van der Waals surface area (Å²) in [5.74, 6) is 0. The van der Waals surface area contributed by atoms with Gasteiger partial charge in [-0.1, -0.05) is 0 Å². The molecule has 2 heterocycles. The van der Waals surface area contributed by atoms with Crippen molar-refractivity contribution in [3.8, 4) is 0 Å². The zero-order chi connectivity index (χ0) is 21.5. The van der Waals surface area contributed by atoms with Gasteiger partial charge in [0.2, 0.25) is 10.0 Å². The molecule has 4 rings (SSSR count). The van der Waals surface area contributed by atoms with Crippen LogP contribution in [0.3, 0.4) is 0 Å². The van der Waals surface area contributed by atoms with Crippen molar-refractivity contribution >= 4 is 21.4 Å². The van der Waals surface area contributed by atoms with Crippen LogP contribution in [0, 0.1) is 10.1 Å². The molecule has 1 aliphatic heterocycles. The average molecular weight is 435 g/mol. The molecule has 1 N–H and O–H groups in total. The van der Waals surface area contributed by atoms with Gasteiger partial charge in [0.1, 0.15) is 5.69 Å². The Kier molecular flexibility index (Phi) is 5.51. The minimum absolute atomic E-state index is 0.0463. The molecular weight excluding hydrogens is 408 g/mol. The van der Waals surface area contributed by atoms with E-state index in [0.29, 0.717) is 31.9 Å². The molecule has 30 heavy (non-hydrogen) atoms. The van der Waals surface area contributed by atoms with Crippen molar-refractivity contribution in [2.75, 3.05) is 38.5 Å². The summed E-state index contributed by atoms with van der Waals surface area (Å²) in [6.07, 6.45) is 4.50. The number of hydrogen-bond donors (Lipinski definition) is 1. The first-order chi connectivity index (χ1) is 14.3. The van der Waals surface area contributed by atoms with Crippen molar-refractivity contribution in [1.29, 1.82) is 0 Å². The van der Waals surface area contributed by atoms with Crippen molar-refractivity contribution < 1.29 is 13.3 Å². The molecule has 1 atom stereocenters. The molecule has 1 unspecified atom stereocenters. The molecule has 2 aromatic rings. The number of benzene rings is 1. The van der Waals surface area contributed by atoms with E-state index in [9.17, 15) is 18.5 Å². The van der Waals surface area contributed by atoms with Crippen LogP contribution >= 0.6 is 0 Å².